The number of rotatable bonds is 7. The van der Waals surface area contributed by atoms with E-state index in [0.717, 1.165) is 17.5 Å². The number of aromatic nitrogens is 1. The predicted octanol–water partition coefficient (Wildman–Crippen LogP) is 4.42. The van der Waals surface area contributed by atoms with Crippen LogP contribution in [0.3, 0.4) is 0 Å². The number of halogens is 1. The molecule has 3 N–H and O–H groups in total. The van der Waals surface area contributed by atoms with Gasteiger partial charge in [-0.15, -0.1) is 0 Å². The standard InChI is InChI=1S/C29H36FN5O3/c1-5-29(6-2)14-24(36)35(27(31)34-29)25(17-11-18(30)16-32-15-17)20-12-21(20)26(37)33-22-13-28(3,4)38-23-10-8-7-9-19(22)23/h7-11,15-16,20-22,25H,5-6,12-14H2,1-4H3,(H2,31,34)(H,33,37)/t20-,21-,22+,25?/m1/s1. The Balaban J connectivity index is 1.42. The summed E-state index contributed by atoms with van der Waals surface area (Å²) in [4.78, 5) is 37.3. The molecule has 8 nitrogen and oxygen atoms in total. The molecule has 0 saturated heterocycles. The van der Waals surface area contributed by atoms with Crippen LogP contribution in [-0.2, 0) is 9.59 Å². The number of pyridine rings is 1. The maximum atomic E-state index is 14.3. The van der Waals surface area contributed by atoms with Crippen molar-refractivity contribution >= 4 is 17.8 Å². The molecule has 1 aromatic carbocycles. The van der Waals surface area contributed by atoms with E-state index < -0.39 is 23.0 Å². The Morgan fingerprint density at radius 3 is 2.68 bits per heavy atom. The van der Waals surface area contributed by atoms with Gasteiger partial charge in [0.2, 0.25) is 11.8 Å². The van der Waals surface area contributed by atoms with Gasteiger partial charge in [-0.1, -0.05) is 32.0 Å². The number of amides is 2. The van der Waals surface area contributed by atoms with Gasteiger partial charge in [0.1, 0.15) is 17.2 Å². The highest BCUT2D eigenvalue weighted by molar-refractivity contribution is 5.99. The van der Waals surface area contributed by atoms with Gasteiger partial charge in [-0.25, -0.2) is 9.38 Å². The van der Waals surface area contributed by atoms with Crippen molar-refractivity contribution in [1.29, 1.82) is 0 Å². The quantitative estimate of drug-likeness (QED) is 0.561. The fourth-order valence-electron chi connectivity index (χ4n) is 6.04. The molecular weight excluding hydrogens is 485 g/mol. The number of para-hydroxylation sites is 1. The molecule has 2 aliphatic heterocycles. The van der Waals surface area contributed by atoms with E-state index in [0.29, 0.717) is 31.2 Å². The van der Waals surface area contributed by atoms with Crippen molar-refractivity contribution < 1.29 is 18.7 Å². The number of nitrogens with one attached hydrogen (secondary N) is 1. The molecule has 0 spiro atoms. The Labute approximate surface area is 222 Å². The second-order valence-electron chi connectivity index (χ2n) is 11.4. The molecule has 0 bridgehead atoms. The van der Waals surface area contributed by atoms with Gasteiger partial charge >= 0.3 is 0 Å². The average Bonchev–Trinajstić information content (AvgIpc) is 3.66. The number of carbonyl (C=O) groups excluding carboxylic acids is 2. The number of hydrogen-bond acceptors (Lipinski definition) is 6. The number of fused-ring (bicyclic) bond motifs is 1. The van der Waals surface area contributed by atoms with Crippen LogP contribution in [-0.4, -0.2) is 38.8 Å². The number of guanidine groups is 1. The lowest BCUT2D eigenvalue weighted by Crippen LogP contribution is -2.53. The first-order chi connectivity index (χ1) is 18.1. The van der Waals surface area contributed by atoms with E-state index >= 15 is 0 Å². The molecule has 1 unspecified atom stereocenters. The van der Waals surface area contributed by atoms with Crippen molar-refractivity contribution in [3.63, 3.8) is 0 Å². The van der Waals surface area contributed by atoms with Crippen molar-refractivity contribution in [3.8, 4) is 5.75 Å². The molecule has 2 aromatic rings. The lowest BCUT2D eigenvalue weighted by molar-refractivity contribution is -0.132. The molecule has 1 fully saturated rings. The fourth-order valence-corrected chi connectivity index (χ4v) is 6.04. The maximum Gasteiger partial charge on any atom is 0.232 e. The van der Waals surface area contributed by atoms with Gasteiger partial charge in [0, 0.05) is 24.1 Å². The van der Waals surface area contributed by atoms with Gasteiger partial charge in [0.15, 0.2) is 5.96 Å². The van der Waals surface area contributed by atoms with Gasteiger partial charge in [-0.3, -0.25) is 19.5 Å². The summed E-state index contributed by atoms with van der Waals surface area (Å²) >= 11 is 0. The summed E-state index contributed by atoms with van der Waals surface area (Å²) in [5, 5.41) is 3.22. The molecule has 1 saturated carbocycles. The average molecular weight is 522 g/mol. The minimum Gasteiger partial charge on any atom is -0.487 e. The zero-order chi connectivity index (χ0) is 27.2. The summed E-state index contributed by atoms with van der Waals surface area (Å²) in [6.45, 7) is 8.00. The first kappa shape index (κ1) is 26.1. The molecule has 9 heteroatoms. The second-order valence-corrected chi connectivity index (χ2v) is 11.4. The number of aliphatic imine (C=N–C) groups is 1. The van der Waals surface area contributed by atoms with Gasteiger partial charge in [0.05, 0.1) is 30.2 Å². The molecule has 0 radical (unpaired) electrons. The first-order valence-electron chi connectivity index (χ1n) is 13.4. The van der Waals surface area contributed by atoms with Gasteiger partial charge in [-0.2, -0.15) is 0 Å². The molecule has 1 aliphatic carbocycles. The number of nitrogens with two attached hydrogens (primary N) is 1. The third-order valence-corrected chi connectivity index (χ3v) is 8.28. The van der Waals surface area contributed by atoms with Gasteiger partial charge in [0.25, 0.3) is 0 Å². The summed E-state index contributed by atoms with van der Waals surface area (Å²) in [5.74, 6) is -0.485. The van der Waals surface area contributed by atoms with Crippen molar-refractivity contribution in [1.82, 2.24) is 15.2 Å². The van der Waals surface area contributed by atoms with E-state index in [1.54, 1.807) is 6.20 Å². The van der Waals surface area contributed by atoms with Crippen molar-refractivity contribution in [2.45, 2.75) is 83.0 Å². The normalized spacial score (nSPS) is 26.0. The van der Waals surface area contributed by atoms with E-state index in [2.05, 4.69) is 10.3 Å². The van der Waals surface area contributed by atoms with Gasteiger partial charge < -0.3 is 15.8 Å². The fraction of sp³-hybridized carbons (Fsp3) is 0.517. The number of nitrogens with zero attached hydrogens (tertiary/aromatic N) is 3. The number of hydrogen-bond donors (Lipinski definition) is 2. The third kappa shape index (κ3) is 4.86. The summed E-state index contributed by atoms with van der Waals surface area (Å²) in [6, 6.07) is 8.28. The minimum atomic E-state index is -0.629. The van der Waals surface area contributed by atoms with Gasteiger partial charge in [-0.05, 0) is 56.7 Å². The topological polar surface area (TPSA) is 110 Å². The van der Waals surface area contributed by atoms with Crippen molar-refractivity contribution in [3.05, 3.63) is 59.7 Å². The lowest BCUT2D eigenvalue weighted by atomic mass is 9.87. The van der Waals surface area contributed by atoms with Crippen LogP contribution in [0.25, 0.3) is 0 Å². The molecule has 3 heterocycles. The van der Waals surface area contributed by atoms with Crippen LogP contribution in [0.2, 0.25) is 0 Å². The van der Waals surface area contributed by atoms with Crippen molar-refractivity contribution in [2.24, 2.45) is 22.6 Å². The smallest absolute Gasteiger partial charge is 0.232 e. The number of ether oxygens (including phenoxy) is 1. The zero-order valence-electron chi connectivity index (χ0n) is 22.4. The molecule has 202 valence electrons. The number of benzene rings is 1. The Morgan fingerprint density at radius 2 is 2.00 bits per heavy atom. The van der Waals surface area contributed by atoms with E-state index in [9.17, 15) is 14.0 Å². The first-order valence-corrected chi connectivity index (χ1v) is 13.4. The van der Waals surface area contributed by atoms with Crippen LogP contribution in [0, 0.1) is 17.7 Å². The van der Waals surface area contributed by atoms with Crippen LogP contribution >= 0.6 is 0 Å². The van der Waals surface area contributed by atoms with Crippen LogP contribution in [0.15, 0.2) is 47.7 Å². The number of carbonyl (C=O) groups is 2. The summed E-state index contributed by atoms with van der Waals surface area (Å²) in [7, 11) is 0. The largest absolute Gasteiger partial charge is 0.487 e. The summed E-state index contributed by atoms with van der Waals surface area (Å²) < 4.78 is 20.4. The van der Waals surface area contributed by atoms with E-state index in [1.165, 1.54) is 11.0 Å². The SMILES string of the molecule is CCC1(CC)CC(=O)N(C(c2cncc(F)c2)[C@@H]2C[C@H]2C(=O)N[C@H]2CC(C)(C)Oc3ccccc32)C(N)=N1. The Morgan fingerprint density at radius 1 is 1.26 bits per heavy atom. The van der Waals surface area contributed by atoms with Crippen LogP contribution in [0.1, 0.15) is 83.0 Å². The summed E-state index contributed by atoms with van der Waals surface area (Å²) in [5.41, 5.74) is 6.91. The van der Waals surface area contributed by atoms with Crippen molar-refractivity contribution in [2.75, 3.05) is 0 Å². The third-order valence-electron chi connectivity index (χ3n) is 8.28. The molecule has 38 heavy (non-hydrogen) atoms. The highest BCUT2D eigenvalue weighted by atomic mass is 19.1. The Kier molecular flexibility index (Phi) is 6.65. The minimum absolute atomic E-state index is 0.0988. The predicted molar refractivity (Wildman–Crippen MR) is 142 cm³/mol. The van der Waals surface area contributed by atoms with Crippen LogP contribution in [0.4, 0.5) is 4.39 Å². The highest BCUT2D eigenvalue weighted by Crippen LogP contribution is 2.52. The molecule has 5 rings (SSSR count). The van der Waals surface area contributed by atoms with E-state index in [1.807, 2.05) is 52.0 Å². The monoisotopic (exact) mass is 521 g/mol. The molecule has 1 aromatic heterocycles. The molecular formula is C29H36FN5O3. The van der Waals surface area contributed by atoms with Crippen LogP contribution < -0.4 is 15.8 Å². The van der Waals surface area contributed by atoms with Crippen LogP contribution in [0.5, 0.6) is 5.75 Å². The molecule has 2 amide bonds. The Bertz CT molecular complexity index is 1270. The van der Waals surface area contributed by atoms with E-state index in [4.69, 9.17) is 15.5 Å². The highest BCUT2D eigenvalue weighted by Gasteiger charge is 2.54. The molecule has 4 atom stereocenters. The second kappa shape index (κ2) is 9.67. The zero-order valence-corrected chi connectivity index (χ0v) is 22.4. The summed E-state index contributed by atoms with van der Waals surface area (Å²) in [6.07, 6.45) is 5.44. The maximum absolute atomic E-state index is 14.3. The lowest BCUT2D eigenvalue weighted by Gasteiger charge is -2.40. The molecule has 3 aliphatic rings. The Hall–Kier alpha value is -3.49. The van der Waals surface area contributed by atoms with E-state index in [-0.39, 0.29) is 42.1 Å².